The van der Waals surface area contributed by atoms with E-state index in [1.54, 1.807) is 13.0 Å². The van der Waals surface area contributed by atoms with Crippen molar-refractivity contribution in [3.63, 3.8) is 0 Å². The van der Waals surface area contributed by atoms with Crippen LogP contribution in [0.2, 0.25) is 0 Å². The molecule has 5 nitrogen and oxygen atoms in total. The Balaban J connectivity index is 3.01. The van der Waals surface area contributed by atoms with Crippen LogP contribution in [0.1, 0.15) is 27.8 Å². The van der Waals surface area contributed by atoms with Crippen LogP contribution in [0.3, 0.4) is 0 Å². The lowest BCUT2D eigenvalue weighted by Gasteiger charge is -2.03. The summed E-state index contributed by atoms with van der Waals surface area (Å²) >= 11 is 0. The van der Waals surface area contributed by atoms with E-state index < -0.39 is 12.1 Å². The number of rotatable bonds is 3. The van der Waals surface area contributed by atoms with Crippen LogP contribution >= 0.6 is 0 Å². The maximum Gasteiger partial charge on any atom is 0.352 e. The van der Waals surface area contributed by atoms with Gasteiger partial charge < -0.3 is 20.9 Å². The van der Waals surface area contributed by atoms with Gasteiger partial charge in [0.05, 0.1) is 0 Å². The monoisotopic (exact) mass is 184 g/mol. The maximum absolute atomic E-state index is 10.6. The van der Waals surface area contributed by atoms with E-state index >= 15 is 0 Å². The molecule has 0 saturated heterocycles. The molecule has 0 saturated carbocycles. The summed E-state index contributed by atoms with van der Waals surface area (Å²) in [6, 6.07) is 1.58. The normalized spacial score (nSPS) is 12.8. The first-order valence-corrected chi connectivity index (χ1v) is 3.87. The molecule has 0 bridgehead atoms. The minimum atomic E-state index is -1.03. The molecule has 5 N–H and O–H groups in total. The summed E-state index contributed by atoms with van der Waals surface area (Å²) in [6.07, 6.45) is -0.827. The highest BCUT2D eigenvalue weighted by atomic mass is 16.4. The summed E-state index contributed by atoms with van der Waals surface area (Å²) in [4.78, 5) is 13.2. The van der Waals surface area contributed by atoms with Gasteiger partial charge in [-0.3, -0.25) is 0 Å². The molecule has 13 heavy (non-hydrogen) atoms. The largest absolute Gasteiger partial charge is 0.477 e. The first-order valence-electron chi connectivity index (χ1n) is 3.87. The third-order valence-corrected chi connectivity index (χ3v) is 1.83. The van der Waals surface area contributed by atoms with E-state index in [9.17, 15) is 9.90 Å². The topological polar surface area (TPSA) is 99.3 Å². The molecule has 0 aliphatic carbocycles. The van der Waals surface area contributed by atoms with Gasteiger partial charge in [-0.2, -0.15) is 0 Å². The lowest BCUT2D eigenvalue weighted by molar-refractivity contribution is 0.0690. The molecule has 0 amide bonds. The number of aliphatic hydroxyl groups excluding tert-OH is 1. The van der Waals surface area contributed by atoms with E-state index in [1.165, 1.54) is 0 Å². The highest BCUT2D eigenvalue weighted by molar-refractivity contribution is 5.87. The number of aromatic nitrogens is 1. The number of carbonyl (C=O) groups is 1. The van der Waals surface area contributed by atoms with Crippen molar-refractivity contribution in [3.05, 3.63) is 23.0 Å². The van der Waals surface area contributed by atoms with Gasteiger partial charge >= 0.3 is 5.97 Å². The molecular weight excluding hydrogens is 172 g/mol. The van der Waals surface area contributed by atoms with Gasteiger partial charge in [-0.1, -0.05) is 0 Å². The van der Waals surface area contributed by atoms with E-state index in [4.69, 9.17) is 10.8 Å². The molecular formula is C8H12N2O3. The van der Waals surface area contributed by atoms with Crippen molar-refractivity contribution < 1.29 is 15.0 Å². The summed E-state index contributed by atoms with van der Waals surface area (Å²) in [5, 5.41) is 18.0. The number of aromatic amines is 1. The van der Waals surface area contributed by atoms with Crippen LogP contribution in [0.15, 0.2) is 6.07 Å². The molecule has 1 heterocycles. The second kappa shape index (κ2) is 3.59. The average molecular weight is 184 g/mol. The highest BCUT2D eigenvalue weighted by Crippen LogP contribution is 2.15. The van der Waals surface area contributed by atoms with Gasteiger partial charge in [-0.25, -0.2) is 4.79 Å². The Morgan fingerprint density at radius 3 is 2.77 bits per heavy atom. The van der Waals surface area contributed by atoms with Crippen molar-refractivity contribution in [1.29, 1.82) is 0 Å². The SMILES string of the molecule is Cc1cc(C(O)CN)[nH]c1C(=O)O. The number of hydrogen-bond acceptors (Lipinski definition) is 3. The Bertz CT molecular complexity index is 319. The minimum Gasteiger partial charge on any atom is -0.477 e. The van der Waals surface area contributed by atoms with Gasteiger partial charge in [0, 0.05) is 12.2 Å². The van der Waals surface area contributed by atoms with Gasteiger partial charge in [-0.05, 0) is 18.6 Å². The number of aromatic carboxylic acids is 1. The van der Waals surface area contributed by atoms with Gasteiger partial charge in [-0.15, -0.1) is 0 Å². The fraction of sp³-hybridized carbons (Fsp3) is 0.375. The zero-order valence-electron chi connectivity index (χ0n) is 7.24. The first-order chi connectivity index (χ1) is 6.06. The number of H-pyrrole nitrogens is 1. The Labute approximate surface area is 75.2 Å². The van der Waals surface area contributed by atoms with E-state index in [2.05, 4.69) is 4.98 Å². The van der Waals surface area contributed by atoms with Crippen molar-refractivity contribution in [3.8, 4) is 0 Å². The third-order valence-electron chi connectivity index (χ3n) is 1.83. The quantitative estimate of drug-likeness (QED) is 0.531. The van der Waals surface area contributed by atoms with Crippen LogP contribution in [0.5, 0.6) is 0 Å². The molecule has 1 aromatic rings. The lowest BCUT2D eigenvalue weighted by atomic mass is 10.2. The van der Waals surface area contributed by atoms with Gasteiger partial charge in [0.1, 0.15) is 11.8 Å². The Kier molecular flexibility index (Phi) is 2.69. The zero-order chi connectivity index (χ0) is 10.0. The van der Waals surface area contributed by atoms with Gasteiger partial charge in [0.15, 0.2) is 0 Å². The molecule has 1 rings (SSSR count). The molecule has 1 aromatic heterocycles. The standard InChI is InChI=1S/C8H12N2O3/c1-4-2-5(6(11)3-9)10-7(4)8(12)13/h2,6,10-11H,3,9H2,1H3,(H,12,13). The van der Waals surface area contributed by atoms with Gasteiger partial charge in [0.2, 0.25) is 0 Å². The van der Waals surface area contributed by atoms with Crippen molar-refractivity contribution in [1.82, 2.24) is 4.98 Å². The van der Waals surface area contributed by atoms with Crippen molar-refractivity contribution in [2.75, 3.05) is 6.54 Å². The smallest absolute Gasteiger partial charge is 0.352 e. The van der Waals surface area contributed by atoms with Gasteiger partial charge in [0.25, 0.3) is 0 Å². The van der Waals surface area contributed by atoms with E-state index in [0.29, 0.717) is 11.3 Å². The number of aryl methyl sites for hydroxylation is 1. The predicted octanol–water partition coefficient (Wildman–Crippen LogP) is 0.0134. The zero-order valence-corrected chi connectivity index (χ0v) is 7.24. The number of aliphatic hydroxyl groups is 1. The fourth-order valence-electron chi connectivity index (χ4n) is 1.11. The molecule has 72 valence electrons. The molecule has 0 aliphatic heterocycles. The van der Waals surface area contributed by atoms with Crippen LogP contribution in [0.4, 0.5) is 0 Å². The fourth-order valence-corrected chi connectivity index (χ4v) is 1.11. The second-order valence-electron chi connectivity index (χ2n) is 2.84. The van der Waals surface area contributed by atoms with Crippen LogP contribution in [0, 0.1) is 6.92 Å². The molecule has 0 radical (unpaired) electrons. The maximum atomic E-state index is 10.6. The average Bonchev–Trinajstić information content (AvgIpc) is 2.46. The Hall–Kier alpha value is -1.33. The summed E-state index contributed by atoms with van der Waals surface area (Å²) < 4.78 is 0. The van der Waals surface area contributed by atoms with E-state index in [1.807, 2.05) is 0 Å². The Morgan fingerprint density at radius 1 is 1.77 bits per heavy atom. The number of carboxylic acid groups (broad SMARTS) is 1. The number of nitrogens with one attached hydrogen (secondary N) is 1. The first kappa shape index (κ1) is 9.76. The Morgan fingerprint density at radius 2 is 2.38 bits per heavy atom. The minimum absolute atomic E-state index is 0.0685. The van der Waals surface area contributed by atoms with E-state index in [-0.39, 0.29) is 12.2 Å². The summed E-state index contributed by atoms with van der Waals surface area (Å²) in [7, 11) is 0. The van der Waals surface area contributed by atoms with Crippen LogP contribution in [0.25, 0.3) is 0 Å². The van der Waals surface area contributed by atoms with Crippen LogP contribution in [-0.2, 0) is 0 Å². The molecule has 0 aromatic carbocycles. The molecule has 0 fully saturated rings. The molecule has 0 spiro atoms. The predicted molar refractivity (Wildman–Crippen MR) is 46.5 cm³/mol. The van der Waals surface area contributed by atoms with Crippen LogP contribution < -0.4 is 5.73 Å². The summed E-state index contributed by atoms with van der Waals surface area (Å²) in [6.45, 7) is 1.73. The molecule has 5 heteroatoms. The summed E-state index contributed by atoms with van der Waals surface area (Å²) in [5.74, 6) is -1.03. The third kappa shape index (κ3) is 1.88. The van der Waals surface area contributed by atoms with E-state index in [0.717, 1.165) is 0 Å². The number of nitrogens with two attached hydrogens (primary N) is 1. The molecule has 1 atom stereocenters. The number of hydrogen-bond donors (Lipinski definition) is 4. The highest BCUT2D eigenvalue weighted by Gasteiger charge is 2.14. The number of carboxylic acids is 1. The lowest BCUT2D eigenvalue weighted by Crippen LogP contribution is -2.12. The van der Waals surface area contributed by atoms with Crippen molar-refractivity contribution in [2.24, 2.45) is 5.73 Å². The second-order valence-corrected chi connectivity index (χ2v) is 2.84. The van der Waals surface area contributed by atoms with Crippen molar-refractivity contribution >= 4 is 5.97 Å². The molecule has 1 unspecified atom stereocenters. The van der Waals surface area contributed by atoms with Crippen LogP contribution in [-0.4, -0.2) is 27.7 Å². The molecule has 0 aliphatic rings. The van der Waals surface area contributed by atoms with Crippen molar-refractivity contribution in [2.45, 2.75) is 13.0 Å². The summed E-state index contributed by atoms with van der Waals surface area (Å²) in [5.41, 5.74) is 6.36.